The lowest BCUT2D eigenvalue weighted by Crippen LogP contribution is -2.21. The Bertz CT molecular complexity index is 641. The minimum Gasteiger partial charge on any atom is -0.406 e. The quantitative estimate of drug-likeness (QED) is 0.781. The number of ether oxygens (including phenoxy) is 1. The Hall–Kier alpha value is -1.92. The summed E-state index contributed by atoms with van der Waals surface area (Å²) in [7, 11) is 0. The van der Waals surface area contributed by atoms with Crippen LogP contribution in [0.1, 0.15) is 31.0 Å². The van der Waals surface area contributed by atoms with Crippen molar-refractivity contribution in [3.63, 3.8) is 0 Å². The van der Waals surface area contributed by atoms with Gasteiger partial charge >= 0.3 is 6.36 Å². The number of anilines is 1. The first-order valence-corrected chi connectivity index (χ1v) is 7.80. The monoisotopic (exact) mass is 374 g/mol. The SMILES string of the molecule is CCN(CC)c1ccc([C@@H](N)c2ccc(OC(F)(F)F)cc2)cc1.Cl. The van der Waals surface area contributed by atoms with E-state index in [1.807, 2.05) is 24.3 Å². The standard InChI is InChI=1S/C18H21F3N2O.ClH/c1-3-23(4-2)15-9-5-13(6-10-15)17(22)14-7-11-16(12-8-14)24-18(19,20)21;/h5-12,17H,3-4,22H2,1-2H3;1H/t17-;/m1./s1. The molecule has 2 N–H and O–H groups in total. The summed E-state index contributed by atoms with van der Waals surface area (Å²) in [6, 6.07) is 13.1. The molecule has 0 aliphatic heterocycles. The van der Waals surface area contributed by atoms with Crippen LogP contribution in [0.25, 0.3) is 0 Å². The minimum atomic E-state index is -4.69. The van der Waals surface area contributed by atoms with E-state index in [-0.39, 0.29) is 18.2 Å². The number of alkyl halides is 3. The topological polar surface area (TPSA) is 38.5 Å². The fraction of sp³-hybridized carbons (Fsp3) is 0.333. The molecule has 0 radical (unpaired) electrons. The van der Waals surface area contributed by atoms with Crippen LogP contribution in [0.5, 0.6) is 5.75 Å². The molecule has 0 saturated heterocycles. The first kappa shape index (κ1) is 21.1. The van der Waals surface area contributed by atoms with Crippen LogP contribution in [0.3, 0.4) is 0 Å². The van der Waals surface area contributed by atoms with Crippen molar-refractivity contribution >= 4 is 18.1 Å². The fourth-order valence-corrected chi connectivity index (χ4v) is 2.55. The number of nitrogens with two attached hydrogens (primary N) is 1. The van der Waals surface area contributed by atoms with Gasteiger partial charge in [-0.1, -0.05) is 24.3 Å². The van der Waals surface area contributed by atoms with Crippen LogP contribution in [0.4, 0.5) is 18.9 Å². The van der Waals surface area contributed by atoms with E-state index < -0.39 is 12.4 Å². The average molecular weight is 375 g/mol. The largest absolute Gasteiger partial charge is 0.573 e. The highest BCUT2D eigenvalue weighted by Crippen LogP contribution is 2.27. The smallest absolute Gasteiger partial charge is 0.406 e. The maximum atomic E-state index is 12.2. The molecule has 0 heterocycles. The second-order valence-corrected chi connectivity index (χ2v) is 5.36. The summed E-state index contributed by atoms with van der Waals surface area (Å²) < 4.78 is 40.4. The van der Waals surface area contributed by atoms with Crippen LogP contribution in [0.2, 0.25) is 0 Å². The molecular weight excluding hydrogens is 353 g/mol. The van der Waals surface area contributed by atoms with Gasteiger partial charge in [-0.3, -0.25) is 0 Å². The van der Waals surface area contributed by atoms with E-state index in [0.717, 1.165) is 29.9 Å². The van der Waals surface area contributed by atoms with Crippen molar-refractivity contribution < 1.29 is 17.9 Å². The molecule has 0 spiro atoms. The van der Waals surface area contributed by atoms with Crippen molar-refractivity contribution in [2.75, 3.05) is 18.0 Å². The molecule has 0 unspecified atom stereocenters. The second kappa shape index (κ2) is 8.97. The van der Waals surface area contributed by atoms with Gasteiger partial charge in [-0.15, -0.1) is 25.6 Å². The van der Waals surface area contributed by atoms with Crippen molar-refractivity contribution in [2.45, 2.75) is 26.3 Å². The lowest BCUT2D eigenvalue weighted by molar-refractivity contribution is -0.274. The Morgan fingerprint density at radius 1 is 0.920 bits per heavy atom. The third kappa shape index (κ3) is 5.83. The zero-order valence-electron chi connectivity index (χ0n) is 14.1. The lowest BCUT2D eigenvalue weighted by atomic mass is 9.99. The van der Waals surface area contributed by atoms with Gasteiger partial charge < -0.3 is 15.4 Å². The van der Waals surface area contributed by atoms with E-state index in [2.05, 4.69) is 23.5 Å². The summed E-state index contributed by atoms with van der Waals surface area (Å²) in [6.45, 7) is 6.02. The van der Waals surface area contributed by atoms with Gasteiger partial charge in [-0.25, -0.2) is 0 Å². The van der Waals surface area contributed by atoms with E-state index in [4.69, 9.17) is 5.73 Å². The number of hydrogen-bond donors (Lipinski definition) is 1. The molecule has 2 aromatic carbocycles. The molecule has 2 rings (SSSR count). The molecule has 3 nitrogen and oxygen atoms in total. The summed E-state index contributed by atoms with van der Waals surface area (Å²) in [4.78, 5) is 2.22. The van der Waals surface area contributed by atoms with Gasteiger partial charge in [0.1, 0.15) is 5.75 Å². The van der Waals surface area contributed by atoms with E-state index >= 15 is 0 Å². The predicted octanol–water partition coefficient (Wildman–Crippen LogP) is 4.90. The summed E-state index contributed by atoms with van der Waals surface area (Å²) in [5.41, 5.74) is 8.94. The molecule has 1 atom stereocenters. The van der Waals surface area contributed by atoms with Gasteiger partial charge in [0.05, 0.1) is 6.04 Å². The Kier molecular flexibility index (Phi) is 7.58. The third-order valence-electron chi connectivity index (χ3n) is 3.85. The maximum absolute atomic E-state index is 12.2. The van der Waals surface area contributed by atoms with E-state index in [0.29, 0.717) is 0 Å². The molecule has 0 aliphatic carbocycles. The van der Waals surface area contributed by atoms with Crippen LogP contribution in [-0.4, -0.2) is 19.5 Å². The highest BCUT2D eigenvalue weighted by Gasteiger charge is 2.31. The number of nitrogens with zero attached hydrogens (tertiary/aromatic N) is 1. The highest BCUT2D eigenvalue weighted by atomic mass is 35.5. The van der Waals surface area contributed by atoms with Crippen LogP contribution in [-0.2, 0) is 0 Å². The fourth-order valence-electron chi connectivity index (χ4n) is 2.55. The minimum absolute atomic E-state index is 0. The van der Waals surface area contributed by atoms with Gasteiger partial charge in [-0.2, -0.15) is 0 Å². The second-order valence-electron chi connectivity index (χ2n) is 5.36. The third-order valence-corrected chi connectivity index (χ3v) is 3.85. The van der Waals surface area contributed by atoms with Crippen LogP contribution >= 0.6 is 12.4 Å². The molecule has 25 heavy (non-hydrogen) atoms. The van der Waals surface area contributed by atoms with Crippen LogP contribution in [0, 0.1) is 0 Å². The number of rotatable bonds is 6. The Morgan fingerprint density at radius 3 is 1.76 bits per heavy atom. The first-order valence-electron chi connectivity index (χ1n) is 7.80. The number of hydrogen-bond acceptors (Lipinski definition) is 3. The molecule has 0 saturated carbocycles. The van der Waals surface area contributed by atoms with Gasteiger partial charge in [0.2, 0.25) is 0 Å². The average Bonchev–Trinajstić information content (AvgIpc) is 2.55. The Labute approximate surface area is 152 Å². The van der Waals surface area contributed by atoms with Crippen molar-refractivity contribution in [3.05, 3.63) is 59.7 Å². The summed E-state index contributed by atoms with van der Waals surface area (Å²) in [6.07, 6.45) is -4.69. The zero-order chi connectivity index (χ0) is 17.7. The zero-order valence-corrected chi connectivity index (χ0v) is 14.9. The van der Waals surface area contributed by atoms with Crippen molar-refractivity contribution in [1.29, 1.82) is 0 Å². The predicted molar refractivity (Wildman–Crippen MR) is 96.4 cm³/mol. The van der Waals surface area contributed by atoms with Gasteiger partial charge in [0, 0.05) is 18.8 Å². The molecule has 0 bridgehead atoms. The van der Waals surface area contributed by atoms with Gasteiger partial charge in [0.25, 0.3) is 0 Å². The molecule has 0 aliphatic rings. The first-order chi connectivity index (χ1) is 11.3. The van der Waals surface area contributed by atoms with Crippen molar-refractivity contribution in [3.8, 4) is 5.75 Å². The van der Waals surface area contributed by atoms with Gasteiger partial charge in [0.15, 0.2) is 0 Å². The highest BCUT2D eigenvalue weighted by molar-refractivity contribution is 5.85. The normalized spacial score (nSPS) is 12.2. The van der Waals surface area contributed by atoms with Crippen molar-refractivity contribution in [1.82, 2.24) is 0 Å². The molecule has 138 valence electrons. The van der Waals surface area contributed by atoms with Crippen LogP contribution < -0.4 is 15.4 Å². The molecular formula is C18H22ClF3N2O. The molecule has 7 heteroatoms. The van der Waals surface area contributed by atoms with Gasteiger partial charge in [-0.05, 0) is 49.2 Å². The van der Waals surface area contributed by atoms with E-state index in [9.17, 15) is 13.2 Å². The summed E-state index contributed by atoms with van der Waals surface area (Å²) in [5, 5.41) is 0. The summed E-state index contributed by atoms with van der Waals surface area (Å²) in [5.74, 6) is -0.254. The Morgan fingerprint density at radius 2 is 1.36 bits per heavy atom. The summed E-state index contributed by atoms with van der Waals surface area (Å²) >= 11 is 0. The molecule has 0 aromatic heterocycles. The van der Waals surface area contributed by atoms with E-state index in [1.54, 1.807) is 12.1 Å². The van der Waals surface area contributed by atoms with Crippen LogP contribution in [0.15, 0.2) is 48.5 Å². The lowest BCUT2D eigenvalue weighted by Gasteiger charge is -2.22. The van der Waals surface area contributed by atoms with E-state index in [1.165, 1.54) is 12.1 Å². The molecule has 2 aromatic rings. The molecule has 0 fully saturated rings. The number of benzene rings is 2. The maximum Gasteiger partial charge on any atom is 0.573 e. The number of halogens is 4. The van der Waals surface area contributed by atoms with Crippen molar-refractivity contribution in [2.24, 2.45) is 5.73 Å². The molecule has 0 amide bonds. The Balaban J connectivity index is 0.00000312.